The van der Waals surface area contributed by atoms with Gasteiger partial charge in [0.2, 0.25) is 5.78 Å². The number of ether oxygens (including phenoxy) is 2. The van der Waals surface area contributed by atoms with Gasteiger partial charge in [0.05, 0.1) is 5.56 Å². The van der Waals surface area contributed by atoms with E-state index >= 15 is 0 Å². The number of primary amides is 1. The van der Waals surface area contributed by atoms with Gasteiger partial charge in [-0.3, -0.25) is 9.59 Å². The van der Waals surface area contributed by atoms with Crippen molar-refractivity contribution in [1.29, 1.82) is 0 Å². The molecule has 0 fully saturated rings. The van der Waals surface area contributed by atoms with Crippen LogP contribution in [0.15, 0.2) is 42.2 Å². The van der Waals surface area contributed by atoms with Crippen LogP contribution in [0.1, 0.15) is 21.5 Å². The van der Waals surface area contributed by atoms with Gasteiger partial charge in [0.15, 0.2) is 12.4 Å². The third-order valence-corrected chi connectivity index (χ3v) is 3.55. The second kappa shape index (κ2) is 6.16. The Morgan fingerprint density at radius 1 is 1.33 bits per heavy atom. The Balaban J connectivity index is 1.92. The highest BCUT2D eigenvalue weighted by molar-refractivity contribution is 6.14. The minimum Gasteiger partial charge on any atom is -0.483 e. The lowest BCUT2D eigenvalue weighted by Crippen LogP contribution is -2.20. The summed E-state index contributed by atoms with van der Waals surface area (Å²) in [7, 11) is 0. The van der Waals surface area contributed by atoms with Gasteiger partial charge in [-0.15, -0.1) is 0 Å². The summed E-state index contributed by atoms with van der Waals surface area (Å²) in [6.45, 7) is 1.45. The number of amides is 1. The summed E-state index contributed by atoms with van der Waals surface area (Å²) >= 11 is 0. The topological polar surface area (TPSA) is 78.6 Å². The number of hydrogen-bond acceptors (Lipinski definition) is 4. The molecule has 6 heteroatoms. The van der Waals surface area contributed by atoms with Crippen LogP contribution in [-0.2, 0) is 4.79 Å². The Bertz CT molecular complexity index is 873. The number of hydrogen-bond donors (Lipinski definition) is 1. The Morgan fingerprint density at radius 2 is 2.12 bits per heavy atom. The Labute approximate surface area is 137 Å². The van der Waals surface area contributed by atoms with E-state index in [1.807, 2.05) is 0 Å². The second-order valence-corrected chi connectivity index (χ2v) is 5.32. The number of rotatable bonds is 4. The van der Waals surface area contributed by atoms with Gasteiger partial charge in [0, 0.05) is 5.56 Å². The number of allylic oxidation sites excluding steroid dienone is 1. The van der Waals surface area contributed by atoms with Gasteiger partial charge in [-0.2, -0.15) is 0 Å². The first-order valence-corrected chi connectivity index (χ1v) is 7.20. The van der Waals surface area contributed by atoms with Gasteiger partial charge in [0.25, 0.3) is 5.91 Å². The maximum atomic E-state index is 13.3. The van der Waals surface area contributed by atoms with Crippen molar-refractivity contribution >= 4 is 17.8 Å². The van der Waals surface area contributed by atoms with E-state index in [4.69, 9.17) is 15.2 Å². The first-order valence-electron chi connectivity index (χ1n) is 7.20. The monoisotopic (exact) mass is 327 g/mol. The van der Waals surface area contributed by atoms with E-state index in [-0.39, 0.29) is 18.1 Å². The van der Waals surface area contributed by atoms with Crippen molar-refractivity contribution in [2.24, 2.45) is 5.73 Å². The molecule has 1 aliphatic rings. The van der Waals surface area contributed by atoms with Gasteiger partial charge >= 0.3 is 0 Å². The molecule has 24 heavy (non-hydrogen) atoms. The molecular formula is C18H14FNO4. The molecule has 0 atom stereocenters. The van der Waals surface area contributed by atoms with Crippen LogP contribution in [0.5, 0.6) is 11.5 Å². The fourth-order valence-corrected chi connectivity index (χ4v) is 2.42. The molecule has 2 N–H and O–H groups in total. The summed E-state index contributed by atoms with van der Waals surface area (Å²) in [5.41, 5.74) is 6.56. The molecule has 3 rings (SSSR count). The zero-order chi connectivity index (χ0) is 17.3. The van der Waals surface area contributed by atoms with Crippen LogP contribution in [0.3, 0.4) is 0 Å². The summed E-state index contributed by atoms with van der Waals surface area (Å²) in [5, 5.41) is 0. The lowest BCUT2D eigenvalue weighted by Gasteiger charge is -2.09. The minimum atomic E-state index is -0.599. The van der Waals surface area contributed by atoms with E-state index in [0.29, 0.717) is 28.2 Å². The van der Waals surface area contributed by atoms with Crippen LogP contribution >= 0.6 is 0 Å². The van der Waals surface area contributed by atoms with Gasteiger partial charge in [-0.05, 0) is 42.8 Å². The Hall–Kier alpha value is -3.15. The summed E-state index contributed by atoms with van der Waals surface area (Å²) < 4.78 is 24.2. The van der Waals surface area contributed by atoms with Crippen molar-refractivity contribution in [2.75, 3.05) is 6.61 Å². The van der Waals surface area contributed by atoms with E-state index in [1.54, 1.807) is 31.2 Å². The van der Waals surface area contributed by atoms with Crippen molar-refractivity contribution in [3.05, 3.63) is 64.7 Å². The average molecular weight is 327 g/mol. The molecule has 0 radical (unpaired) electrons. The molecular weight excluding hydrogens is 313 g/mol. The van der Waals surface area contributed by atoms with Crippen LogP contribution < -0.4 is 15.2 Å². The maximum Gasteiger partial charge on any atom is 0.255 e. The van der Waals surface area contributed by atoms with Gasteiger partial charge < -0.3 is 15.2 Å². The van der Waals surface area contributed by atoms with Crippen molar-refractivity contribution < 1.29 is 23.5 Å². The summed E-state index contributed by atoms with van der Waals surface area (Å²) in [5.74, 6) is -0.411. The van der Waals surface area contributed by atoms with Crippen molar-refractivity contribution in [1.82, 2.24) is 0 Å². The zero-order valence-corrected chi connectivity index (χ0v) is 12.8. The highest BCUT2D eigenvalue weighted by atomic mass is 19.1. The number of fused-ring (bicyclic) bond motifs is 1. The number of benzene rings is 2. The van der Waals surface area contributed by atoms with Gasteiger partial charge in [-0.1, -0.05) is 12.1 Å². The molecule has 2 aromatic rings. The molecule has 0 saturated carbocycles. The molecule has 1 heterocycles. The molecule has 0 aromatic heterocycles. The van der Waals surface area contributed by atoms with E-state index < -0.39 is 11.7 Å². The lowest BCUT2D eigenvalue weighted by molar-refractivity contribution is -0.119. The van der Waals surface area contributed by atoms with Crippen LogP contribution in [0, 0.1) is 12.7 Å². The minimum absolute atomic E-state index is 0.103. The smallest absolute Gasteiger partial charge is 0.255 e. The molecule has 0 aliphatic carbocycles. The molecule has 0 unspecified atom stereocenters. The van der Waals surface area contributed by atoms with E-state index in [9.17, 15) is 14.0 Å². The summed E-state index contributed by atoms with van der Waals surface area (Å²) in [6.07, 6.45) is 1.48. The van der Waals surface area contributed by atoms with Crippen LogP contribution in [0.4, 0.5) is 4.39 Å². The molecule has 0 bridgehead atoms. The normalized spacial score (nSPS) is 14.4. The van der Waals surface area contributed by atoms with Crippen molar-refractivity contribution in [3.63, 3.8) is 0 Å². The highest BCUT2D eigenvalue weighted by Crippen LogP contribution is 2.39. The predicted molar refractivity (Wildman–Crippen MR) is 85.2 cm³/mol. The van der Waals surface area contributed by atoms with Crippen LogP contribution in [-0.4, -0.2) is 18.3 Å². The van der Waals surface area contributed by atoms with E-state index in [2.05, 4.69) is 0 Å². The predicted octanol–water partition coefficient (Wildman–Crippen LogP) is 2.61. The zero-order valence-electron chi connectivity index (χ0n) is 12.8. The number of ketones is 1. The van der Waals surface area contributed by atoms with Gasteiger partial charge in [-0.25, -0.2) is 4.39 Å². The lowest BCUT2D eigenvalue weighted by atomic mass is 10.1. The number of carbonyl (C=O) groups excluding carboxylic acids is 2. The average Bonchev–Trinajstić information content (AvgIpc) is 2.84. The number of carbonyl (C=O) groups is 2. The Kier molecular flexibility index (Phi) is 4.04. The Morgan fingerprint density at radius 3 is 2.83 bits per heavy atom. The van der Waals surface area contributed by atoms with Crippen LogP contribution in [0.2, 0.25) is 0 Å². The molecule has 0 saturated heterocycles. The fraction of sp³-hybridized carbons (Fsp3) is 0.111. The number of nitrogens with two attached hydrogens (primary N) is 1. The van der Waals surface area contributed by atoms with E-state index in [1.165, 1.54) is 18.2 Å². The first-order chi connectivity index (χ1) is 11.5. The molecule has 2 aromatic carbocycles. The molecule has 1 amide bonds. The molecule has 1 aliphatic heterocycles. The quantitative estimate of drug-likeness (QED) is 0.876. The second-order valence-electron chi connectivity index (χ2n) is 5.32. The largest absolute Gasteiger partial charge is 0.483 e. The molecule has 0 spiro atoms. The third kappa shape index (κ3) is 2.99. The highest BCUT2D eigenvalue weighted by Gasteiger charge is 2.30. The van der Waals surface area contributed by atoms with Crippen molar-refractivity contribution in [3.8, 4) is 11.5 Å². The van der Waals surface area contributed by atoms with E-state index in [0.717, 1.165) is 0 Å². The number of halogens is 1. The SMILES string of the molecule is Cc1c(OCC(N)=O)ccc2c1O/C(=C\c1cccc(F)c1)C2=O. The summed E-state index contributed by atoms with van der Waals surface area (Å²) in [6, 6.07) is 9.00. The summed E-state index contributed by atoms with van der Waals surface area (Å²) in [4.78, 5) is 23.2. The fourth-order valence-electron chi connectivity index (χ4n) is 2.42. The third-order valence-electron chi connectivity index (χ3n) is 3.55. The standard InChI is InChI=1S/C18H14FNO4/c1-10-14(23-9-16(20)21)6-5-13-17(22)15(24-18(10)13)8-11-3-2-4-12(19)7-11/h2-8H,9H2,1H3,(H2,20,21)/b15-8-. The molecule has 122 valence electrons. The van der Waals surface area contributed by atoms with Gasteiger partial charge in [0.1, 0.15) is 17.3 Å². The molecule has 5 nitrogen and oxygen atoms in total. The maximum absolute atomic E-state index is 13.3. The first kappa shape index (κ1) is 15.7. The number of Topliss-reactive ketones (excluding diaryl/α,β-unsaturated/α-hetero) is 1. The van der Waals surface area contributed by atoms with Crippen molar-refractivity contribution in [2.45, 2.75) is 6.92 Å². The van der Waals surface area contributed by atoms with Crippen LogP contribution in [0.25, 0.3) is 6.08 Å².